The molecular weight excluding hydrogens is 392 g/mol. The van der Waals surface area contributed by atoms with Crippen LogP contribution in [-0.4, -0.2) is 100 Å². The summed E-state index contributed by atoms with van der Waals surface area (Å²) in [7, 11) is 5.93. The van der Waals surface area contributed by atoms with E-state index in [4.69, 9.17) is 9.47 Å². The molecule has 0 aromatic rings. The maximum atomic E-state index is 12.5. The minimum Gasteiger partial charge on any atom is -0.375 e. The van der Waals surface area contributed by atoms with Crippen molar-refractivity contribution in [1.29, 1.82) is 0 Å². The second-order valence-corrected chi connectivity index (χ2v) is 9.01. The number of ether oxygens (including phenoxy) is 2. The predicted octanol–water partition coefficient (Wildman–Crippen LogP) is -0.768. The second kappa shape index (κ2) is 10.2. The van der Waals surface area contributed by atoms with Gasteiger partial charge in [0.25, 0.3) is 0 Å². The van der Waals surface area contributed by atoms with E-state index in [2.05, 4.69) is 10.6 Å². The molecule has 172 valence electrons. The minimum absolute atomic E-state index is 0.0751. The van der Waals surface area contributed by atoms with Crippen LogP contribution in [-0.2, 0) is 28.7 Å². The van der Waals surface area contributed by atoms with E-state index in [-0.39, 0.29) is 62.0 Å². The maximum absolute atomic E-state index is 12.5. The molecule has 0 spiro atoms. The van der Waals surface area contributed by atoms with Gasteiger partial charge in [-0.25, -0.2) is 0 Å². The van der Waals surface area contributed by atoms with Gasteiger partial charge in [0.15, 0.2) is 0 Å². The molecule has 0 unspecified atom stereocenters. The number of amides is 4. The summed E-state index contributed by atoms with van der Waals surface area (Å²) in [6.45, 7) is 7.55. The second-order valence-electron chi connectivity index (χ2n) is 9.01. The summed E-state index contributed by atoms with van der Waals surface area (Å²) in [6, 6.07) is -0.414. The van der Waals surface area contributed by atoms with E-state index in [0.717, 1.165) is 0 Å². The van der Waals surface area contributed by atoms with Crippen molar-refractivity contribution in [1.82, 2.24) is 20.4 Å². The van der Waals surface area contributed by atoms with Gasteiger partial charge in [-0.3, -0.25) is 19.2 Å². The van der Waals surface area contributed by atoms with Gasteiger partial charge in [-0.05, 0) is 0 Å². The Morgan fingerprint density at radius 3 is 1.30 bits per heavy atom. The van der Waals surface area contributed by atoms with Crippen LogP contribution in [0.2, 0.25) is 0 Å². The number of hydrogen-bond donors (Lipinski definition) is 2. The van der Waals surface area contributed by atoms with Crippen LogP contribution in [0.3, 0.4) is 0 Å². The molecule has 1 rings (SSSR count). The van der Waals surface area contributed by atoms with E-state index in [0.29, 0.717) is 0 Å². The molecule has 2 N–H and O–H groups in total. The van der Waals surface area contributed by atoms with Crippen LogP contribution in [0.15, 0.2) is 0 Å². The molecule has 1 fully saturated rings. The van der Waals surface area contributed by atoms with E-state index < -0.39 is 10.8 Å². The Hall–Kier alpha value is -2.20. The lowest BCUT2D eigenvalue weighted by Crippen LogP contribution is -2.78. The van der Waals surface area contributed by atoms with Crippen LogP contribution < -0.4 is 10.6 Å². The lowest BCUT2D eigenvalue weighted by molar-refractivity contribution is -0.147. The first-order valence-corrected chi connectivity index (χ1v) is 9.83. The number of nitrogens with one attached hydrogen (secondary N) is 2. The van der Waals surface area contributed by atoms with Crippen LogP contribution in [0.4, 0.5) is 0 Å². The molecule has 1 aliphatic rings. The van der Waals surface area contributed by atoms with Crippen molar-refractivity contribution in [2.24, 2.45) is 10.8 Å². The van der Waals surface area contributed by atoms with Gasteiger partial charge in [0.2, 0.25) is 23.6 Å². The summed E-state index contributed by atoms with van der Waals surface area (Å²) in [5, 5.41) is 6.00. The summed E-state index contributed by atoms with van der Waals surface area (Å²) in [4.78, 5) is 51.1. The van der Waals surface area contributed by atoms with Gasteiger partial charge in [0, 0.05) is 51.2 Å². The lowest BCUT2D eigenvalue weighted by atomic mass is 9.48. The molecule has 0 aromatic carbocycles. The fourth-order valence-electron chi connectivity index (χ4n) is 4.39. The van der Waals surface area contributed by atoms with Crippen LogP contribution in [0.25, 0.3) is 0 Å². The molecule has 0 bridgehead atoms. The molecule has 0 heterocycles. The van der Waals surface area contributed by atoms with E-state index in [1.54, 1.807) is 14.1 Å². The zero-order chi connectivity index (χ0) is 23.3. The Balaban J connectivity index is 2.69. The smallest absolute Gasteiger partial charge is 0.248 e. The number of methoxy groups -OCH3 is 2. The molecule has 10 heteroatoms. The number of hydrogen-bond acceptors (Lipinski definition) is 6. The van der Waals surface area contributed by atoms with E-state index in [9.17, 15) is 19.2 Å². The van der Waals surface area contributed by atoms with E-state index in [1.807, 2.05) is 27.7 Å². The fraction of sp³-hybridized carbons (Fsp3) is 0.800. The number of nitrogens with zero attached hydrogens (tertiary/aromatic N) is 2. The lowest BCUT2D eigenvalue weighted by Gasteiger charge is -2.64. The quantitative estimate of drug-likeness (QED) is 0.472. The SMILES string of the molecule is COCC(=O)N(C)CC(=O)NC1C(C)(C)C(NC(=O)CN(C)C(=O)COC)C1(C)C. The van der Waals surface area contributed by atoms with Crippen molar-refractivity contribution in [3.8, 4) is 0 Å². The zero-order valence-corrected chi connectivity index (χ0v) is 19.3. The topological polar surface area (TPSA) is 117 Å². The van der Waals surface area contributed by atoms with Gasteiger partial charge in [0.1, 0.15) is 13.2 Å². The zero-order valence-electron chi connectivity index (χ0n) is 19.3. The summed E-state index contributed by atoms with van der Waals surface area (Å²) in [5.74, 6) is -1.11. The highest BCUT2D eigenvalue weighted by atomic mass is 16.5. The molecule has 0 atom stereocenters. The third kappa shape index (κ3) is 5.91. The minimum atomic E-state index is -0.418. The highest BCUT2D eigenvalue weighted by Crippen LogP contribution is 2.53. The van der Waals surface area contributed by atoms with Gasteiger partial charge in [-0.1, -0.05) is 27.7 Å². The Morgan fingerprint density at radius 1 is 0.733 bits per heavy atom. The van der Waals surface area contributed by atoms with Crippen LogP contribution in [0.1, 0.15) is 27.7 Å². The maximum Gasteiger partial charge on any atom is 0.248 e. The largest absolute Gasteiger partial charge is 0.375 e. The average molecular weight is 429 g/mol. The number of likely N-dealkylation sites (N-methyl/N-ethyl adjacent to an activating group) is 2. The third-order valence-electron chi connectivity index (χ3n) is 5.74. The number of carbonyl (C=O) groups is 4. The first-order valence-electron chi connectivity index (χ1n) is 9.83. The highest BCUT2D eigenvalue weighted by Gasteiger charge is 2.62. The number of carbonyl (C=O) groups excluding carboxylic acids is 4. The van der Waals surface area contributed by atoms with Crippen molar-refractivity contribution in [2.75, 3.05) is 54.6 Å². The van der Waals surface area contributed by atoms with Gasteiger partial charge in [-0.15, -0.1) is 0 Å². The Labute approximate surface area is 178 Å². The molecule has 0 aromatic heterocycles. The normalized spacial score (nSPS) is 21.2. The molecule has 4 amide bonds. The third-order valence-corrected chi connectivity index (χ3v) is 5.74. The molecule has 10 nitrogen and oxygen atoms in total. The van der Waals surface area contributed by atoms with E-state index in [1.165, 1.54) is 24.0 Å². The average Bonchev–Trinajstić information content (AvgIpc) is 2.64. The van der Waals surface area contributed by atoms with E-state index >= 15 is 0 Å². The molecular formula is C20H36N4O6. The predicted molar refractivity (Wildman–Crippen MR) is 110 cm³/mol. The molecule has 1 saturated carbocycles. The van der Waals surface area contributed by atoms with Crippen molar-refractivity contribution in [3.63, 3.8) is 0 Å². The first kappa shape index (κ1) is 25.8. The van der Waals surface area contributed by atoms with Crippen molar-refractivity contribution in [2.45, 2.75) is 39.8 Å². The monoisotopic (exact) mass is 428 g/mol. The Kier molecular flexibility index (Phi) is 8.79. The van der Waals surface area contributed by atoms with Crippen LogP contribution >= 0.6 is 0 Å². The molecule has 0 radical (unpaired) electrons. The van der Waals surface area contributed by atoms with Gasteiger partial charge in [-0.2, -0.15) is 0 Å². The Morgan fingerprint density at radius 2 is 1.03 bits per heavy atom. The highest BCUT2D eigenvalue weighted by molar-refractivity contribution is 5.86. The number of rotatable bonds is 10. The first-order chi connectivity index (χ1) is 13.8. The molecule has 0 aliphatic heterocycles. The summed E-state index contributed by atoms with van der Waals surface area (Å²) >= 11 is 0. The van der Waals surface area contributed by atoms with Gasteiger partial charge >= 0.3 is 0 Å². The Bertz CT molecular complexity index is 596. The van der Waals surface area contributed by atoms with Crippen molar-refractivity contribution in [3.05, 3.63) is 0 Å². The summed E-state index contributed by atoms with van der Waals surface area (Å²) in [6.07, 6.45) is 0. The van der Waals surface area contributed by atoms with Crippen molar-refractivity contribution < 1.29 is 28.7 Å². The molecule has 0 saturated heterocycles. The van der Waals surface area contributed by atoms with Crippen LogP contribution in [0, 0.1) is 10.8 Å². The summed E-state index contributed by atoms with van der Waals surface area (Å²) < 4.78 is 9.60. The molecule has 30 heavy (non-hydrogen) atoms. The standard InChI is InChI=1S/C20H36N4O6/c1-19(2)17(21-13(25)9-23(5)15(27)11-29-7)20(3,4)18(19)22-14(26)10-24(6)16(28)12-30-8/h17-18H,9-12H2,1-8H3,(H,21,25)(H,22,26). The van der Waals surface area contributed by atoms with Gasteiger partial charge in [0.05, 0.1) is 13.1 Å². The van der Waals surface area contributed by atoms with Crippen LogP contribution in [0.5, 0.6) is 0 Å². The fourth-order valence-corrected chi connectivity index (χ4v) is 4.39. The summed E-state index contributed by atoms with van der Waals surface area (Å²) in [5.41, 5.74) is -0.835. The van der Waals surface area contributed by atoms with Crippen molar-refractivity contribution >= 4 is 23.6 Å². The molecule has 1 aliphatic carbocycles. The van der Waals surface area contributed by atoms with Gasteiger partial charge < -0.3 is 29.9 Å².